The summed E-state index contributed by atoms with van der Waals surface area (Å²) in [7, 11) is -4.41. The monoisotopic (exact) mass is 169 g/mol. The Morgan fingerprint density at radius 2 is 2.00 bits per heavy atom. The lowest BCUT2D eigenvalue weighted by molar-refractivity contribution is -0.137. The molecule has 0 saturated heterocycles. The van der Waals surface area contributed by atoms with Crippen LogP contribution in [0, 0.1) is 0 Å². The van der Waals surface area contributed by atoms with Crippen LogP contribution in [-0.4, -0.2) is 26.6 Å². The molecule has 6 nitrogen and oxygen atoms in total. The average molecular weight is 169 g/mol. The Hall–Kier alpha value is -0.420. The van der Waals surface area contributed by atoms with Gasteiger partial charge in [-0.1, -0.05) is 0 Å². The van der Waals surface area contributed by atoms with Gasteiger partial charge in [-0.2, -0.15) is 0 Å². The van der Waals surface area contributed by atoms with E-state index in [0.29, 0.717) is 0 Å². The van der Waals surface area contributed by atoms with Crippen LogP contribution in [0.25, 0.3) is 0 Å². The smallest absolute Gasteiger partial charge is 0.342 e. The minimum Gasteiger partial charge on any atom is -0.481 e. The summed E-state index contributed by atoms with van der Waals surface area (Å²) in [5.74, 6) is -2.92. The molecule has 0 aliphatic heterocycles. The van der Waals surface area contributed by atoms with E-state index in [1.807, 2.05) is 0 Å². The summed E-state index contributed by atoms with van der Waals surface area (Å²) >= 11 is 0. The molecule has 0 unspecified atom stereocenters. The second-order valence-corrected chi connectivity index (χ2v) is 3.60. The van der Waals surface area contributed by atoms with Gasteiger partial charge in [0.15, 0.2) is 0 Å². The molecule has 0 aromatic rings. The lowest BCUT2D eigenvalue weighted by Gasteiger charge is -2.09. The van der Waals surface area contributed by atoms with E-state index < -0.39 is 25.8 Å². The number of aliphatic carboxylic acids is 1. The fraction of sp³-hybridized carbons (Fsp3) is 0.667. The topological polar surface area (TPSA) is 121 Å². The lowest BCUT2D eigenvalue weighted by Crippen LogP contribution is -2.23. The maximum Gasteiger partial charge on any atom is 0.342 e. The standard InChI is InChI=1S/C3H8NO5P/c4-2(1-3(5)6)10(7,8)9/h2H,1,4H2,(H,5,6)(H2,7,8,9)/t2-/m0/s1. The molecule has 0 rings (SSSR count). The first kappa shape index (κ1) is 9.58. The molecular formula is C3H8NO5P. The number of hydrogen-bond acceptors (Lipinski definition) is 3. The Labute approximate surface area is 56.8 Å². The van der Waals surface area contributed by atoms with Crippen LogP contribution in [0.2, 0.25) is 0 Å². The van der Waals surface area contributed by atoms with Crippen molar-refractivity contribution in [3.8, 4) is 0 Å². The predicted molar refractivity (Wildman–Crippen MR) is 32.3 cm³/mol. The molecule has 0 fully saturated rings. The summed E-state index contributed by atoms with van der Waals surface area (Å²) < 4.78 is 10.2. The molecule has 0 spiro atoms. The van der Waals surface area contributed by atoms with E-state index in [1.54, 1.807) is 0 Å². The summed E-state index contributed by atoms with van der Waals surface area (Å²) in [5, 5.41) is 8.02. The molecule has 0 heterocycles. The molecule has 5 N–H and O–H groups in total. The lowest BCUT2D eigenvalue weighted by atomic mass is 10.4. The largest absolute Gasteiger partial charge is 0.481 e. The predicted octanol–water partition coefficient (Wildman–Crippen LogP) is -1.08. The van der Waals surface area contributed by atoms with Gasteiger partial charge in [-0.3, -0.25) is 9.36 Å². The third-order valence-electron chi connectivity index (χ3n) is 0.816. The first-order valence-electron chi connectivity index (χ1n) is 2.36. The molecule has 0 aliphatic carbocycles. The molecule has 0 bridgehead atoms. The van der Waals surface area contributed by atoms with Crippen molar-refractivity contribution in [2.45, 2.75) is 12.2 Å². The Bertz CT molecular complexity index is 174. The number of carboxylic acid groups (broad SMARTS) is 1. The summed E-state index contributed by atoms with van der Waals surface area (Å²) in [6, 6.07) is 0. The highest BCUT2D eigenvalue weighted by Gasteiger charge is 2.26. The van der Waals surface area contributed by atoms with E-state index in [1.165, 1.54) is 0 Å². The molecule has 0 radical (unpaired) electrons. The number of hydrogen-bond donors (Lipinski definition) is 4. The van der Waals surface area contributed by atoms with Crippen molar-refractivity contribution >= 4 is 13.6 Å². The number of carbonyl (C=O) groups is 1. The van der Waals surface area contributed by atoms with Gasteiger partial charge < -0.3 is 20.6 Å². The maximum atomic E-state index is 10.2. The highest BCUT2D eigenvalue weighted by Crippen LogP contribution is 2.39. The third kappa shape index (κ3) is 3.58. The van der Waals surface area contributed by atoms with Gasteiger partial charge in [-0.15, -0.1) is 0 Å². The zero-order valence-electron chi connectivity index (χ0n) is 4.97. The van der Waals surface area contributed by atoms with Crippen LogP contribution >= 0.6 is 7.60 Å². The molecule has 0 aromatic heterocycles. The van der Waals surface area contributed by atoms with Crippen molar-refractivity contribution in [1.82, 2.24) is 0 Å². The molecule has 10 heavy (non-hydrogen) atoms. The average Bonchev–Trinajstić information content (AvgIpc) is 1.60. The number of carboxylic acids is 1. The van der Waals surface area contributed by atoms with Crippen molar-refractivity contribution < 1.29 is 24.3 Å². The molecule has 7 heteroatoms. The molecule has 0 aromatic carbocycles. The van der Waals surface area contributed by atoms with Gasteiger partial charge in [-0.05, 0) is 0 Å². The summed E-state index contributed by atoms with van der Waals surface area (Å²) in [6.07, 6.45) is -0.718. The minimum absolute atomic E-state index is 0.718. The van der Waals surface area contributed by atoms with Gasteiger partial charge in [0.1, 0.15) is 5.78 Å². The van der Waals surface area contributed by atoms with Crippen molar-refractivity contribution in [3.63, 3.8) is 0 Å². The van der Waals surface area contributed by atoms with E-state index in [2.05, 4.69) is 0 Å². The molecule has 0 aliphatic rings. The summed E-state index contributed by atoms with van der Waals surface area (Å²) in [4.78, 5) is 26.3. The quantitative estimate of drug-likeness (QED) is 0.399. The van der Waals surface area contributed by atoms with Crippen LogP contribution in [0.1, 0.15) is 6.42 Å². The minimum atomic E-state index is -4.41. The van der Waals surface area contributed by atoms with Gasteiger partial charge >= 0.3 is 13.6 Å². The second-order valence-electron chi connectivity index (χ2n) is 1.75. The van der Waals surface area contributed by atoms with Crippen molar-refractivity contribution in [2.24, 2.45) is 5.73 Å². The molecular weight excluding hydrogens is 161 g/mol. The van der Waals surface area contributed by atoms with Gasteiger partial charge in [-0.25, -0.2) is 0 Å². The maximum absolute atomic E-state index is 10.2. The fourth-order valence-corrected chi connectivity index (χ4v) is 0.692. The first-order valence-corrected chi connectivity index (χ1v) is 4.05. The Kier molecular flexibility index (Phi) is 2.98. The van der Waals surface area contributed by atoms with Crippen LogP contribution in [0.5, 0.6) is 0 Å². The first-order chi connectivity index (χ1) is 4.34. The summed E-state index contributed by atoms with van der Waals surface area (Å²) in [5.41, 5.74) is 4.81. The van der Waals surface area contributed by atoms with Gasteiger partial charge in [0.25, 0.3) is 0 Å². The van der Waals surface area contributed by atoms with E-state index >= 15 is 0 Å². The third-order valence-corrected chi connectivity index (χ3v) is 1.86. The van der Waals surface area contributed by atoms with Crippen LogP contribution in [0.4, 0.5) is 0 Å². The molecule has 60 valence electrons. The number of nitrogens with two attached hydrogens (primary N) is 1. The van der Waals surface area contributed by atoms with Crippen LogP contribution in [-0.2, 0) is 9.36 Å². The zero-order valence-corrected chi connectivity index (χ0v) is 5.86. The SMILES string of the molecule is N[C@H](CC(=O)O)P(=O)(O)O. The Morgan fingerprint density at radius 3 is 2.10 bits per heavy atom. The van der Waals surface area contributed by atoms with Crippen LogP contribution < -0.4 is 5.73 Å². The van der Waals surface area contributed by atoms with Gasteiger partial charge in [0, 0.05) is 0 Å². The van der Waals surface area contributed by atoms with Crippen molar-refractivity contribution in [2.75, 3.05) is 0 Å². The Balaban J connectivity index is 3.98. The normalized spacial score (nSPS) is 14.7. The summed E-state index contributed by atoms with van der Waals surface area (Å²) in [6.45, 7) is 0. The molecule has 0 saturated carbocycles. The zero-order chi connectivity index (χ0) is 8.36. The van der Waals surface area contributed by atoms with Crippen LogP contribution in [0.3, 0.4) is 0 Å². The van der Waals surface area contributed by atoms with Gasteiger partial charge in [0.2, 0.25) is 0 Å². The molecule has 0 amide bonds. The van der Waals surface area contributed by atoms with E-state index in [4.69, 9.17) is 20.6 Å². The Morgan fingerprint density at radius 1 is 1.60 bits per heavy atom. The highest BCUT2D eigenvalue weighted by molar-refractivity contribution is 7.52. The fourth-order valence-electron chi connectivity index (χ4n) is 0.298. The van der Waals surface area contributed by atoms with E-state index in [9.17, 15) is 9.36 Å². The second kappa shape index (κ2) is 3.12. The van der Waals surface area contributed by atoms with E-state index in [-0.39, 0.29) is 0 Å². The van der Waals surface area contributed by atoms with Gasteiger partial charge in [0.05, 0.1) is 6.42 Å². The van der Waals surface area contributed by atoms with Crippen molar-refractivity contribution in [3.05, 3.63) is 0 Å². The molecule has 1 atom stereocenters. The van der Waals surface area contributed by atoms with Crippen LogP contribution in [0.15, 0.2) is 0 Å². The highest BCUT2D eigenvalue weighted by atomic mass is 31.2. The van der Waals surface area contributed by atoms with Crippen molar-refractivity contribution in [1.29, 1.82) is 0 Å². The number of rotatable bonds is 3. The van der Waals surface area contributed by atoms with E-state index in [0.717, 1.165) is 0 Å².